The molecule has 4 aliphatic rings. The maximum Gasteiger partial charge on any atom is 0.231 e. The second-order valence-electron chi connectivity index (χ2n) is 6.79. The number of methoxy groups -OCH3 is 1. The van der Waals surface area contributed by atoms with Crippen molar-refractivity contribution in [1.82, 2.24) is 4.90 Å². The molecule has 0 amide bonds. The summed E-state index contributed by atoms with van der Waals surface area (Å²) in [5.41, 5.74) is 3.05. The van der Waals surface area contributed by atoms with Gasteiger partial charge in [-0.2, -0.15) is 0 Å². The van der Waals surface area contributed by atoms with Crippen LogP contribution in [-0.4, -0.2) is 37.5 Å². The molecule has 2 fully saturated rings. The minimum atomic E-state index is 0.168. The number of benzene rings is 1. The molecule has 0 spiro atoms. The van der Waals surface area contributed by atoms with Crippen molar-refractivity contribution < 1.29 is 14.2 Å². The molecule has 4 heteroatoms. The van der Waals surface area contributed by atoms with Gasteiger partial charge in [-0.3, -0.25) is 4.90 Å². The van der Waals surface area contributed by atoms with Crippen LogP contribution in [0.1, 0.15) is 36.8 Å². The summed E-state index contributed by atoms with van der Waals surface area (Å²) in [6.07, 6.45) is 5.30. The van der Waals surface area contributed by atoms with Gasteiger partial charge in [-0.1, -0.05) is 0 Å². The molecule has 3 aliphatic heterocycles. The van der Waals surface area contributed by atoms with E-state index in [-0.39, 0.29) is 5.41 Å². The molecule has 2 bridgehead atoms. The van der Waals surface area contributed by atoms with Crippen LogP contribution in [0.15, 0.2) is 12.1 Å². The topological polar surface area (TPSA) is 30.9 Å². The first-order valence-electron chi connectivity index (χ1n) is 8.03. The summed E-state index contributed by atoms with van der Waals surface area (Å²) in [7, 11) is 1.88. The molecule has 1 aromatic carbocycles. The van der Waals surface area contributed by atoms with Crippen LogP contribution in [0.25, 0.3) is 0 Å². The van der Waals surface area contributed by atoms with Crippen LogP contribution in [0.4, 0.5) is 0 Å². The summed E-state index contributed by atoms with van der Waals surface area (Å²) < 4.78 is 17.2. The van der Waals surface area contributed by atoms with Crippen LogP contribution in [0.2, 0.25) is 0 Å². The zero-order valence-electron chi connectivity index (χ0n) is 12.4. The third kappa shape index (κ3) is 1.42. The van der Waals surface area contributed by atoms with E-state index < -0.39 is 0 Å². The Labute approximate surface area is 125 Å². The maximum absolute atomic E-state index is 5.96. The Bertz CT molecular complexity index is 602. The Morgan fingerprint density at radius 3 is 2.95 bits per heavy atom. The van der Waals surface area contributed by atoms with Gasteiger partial charge in [0.25, 0.3) is 0 Å². The smallest absolute Gasteiger partial charge is 0.231 e. The first kappa shape index (κ1) is 12.3. The van der Waals surface area contributed by atoms with Gasteiger partial charge in [0.05, 0.1) is 6.10 Å². The lowest BCUT2D eigenvalue weighted by Crippen LogP contribution is -2.56. The molecule has 4 atom stereocenters. The summed E-state index contributed by atoms with van der Waals surface area (Å²) in [4.78, 5) is 2.66. The Hall–Kier alpha value is -1.26. The Balaban J connectivity index is 1.73. The van der Waals surface area contributed by atoms with E-state index in [1.165, 1.54) is 43.4 Å². The number of nitrogens with zero attached hydrogens (tertiary/aromatic N) is 1. The van der Waals surface area contributed by atoms with Crippen molar-refractivity contribution in [2.75, 3.05) is 20.4 Å². The van der Waals surface area contributed by atoms with Gasteiger partial charge >= 0.3 is 0 Å². The van der Waals surface area contributed by atoms with Crippen LogP contribution in [0, 0.1) is 0 Å². The van der Waals surface area contributed by atoms with Crippen molar-refractivity contribution in [3.63, 3.8) is 0 Å². The van der Waals surface area contributed by atoms with Crippen LogP contribution in [0.5, 0.6) is 11.5 Å². The fourth-order valence-electron chi connectivity index (χ4n) is 5.32. The van der Waals surface area contributed by atoms with E-state index in [1.807, 2.05) is 7.11 Å². The quantitative estimate of drug-likeness (QED) is 0.794. The summed E-state index contributed by atoms with van der Waals surface area (Å²) in [5.74, 6) is 1.83. The van der Waals surface area contributed by atoms with E-state index in [4.69, 9.17) is 14.2 Å². The van der Waals surface area contributed by atoms with Crippen LogP contribution < -0.4 is 9.47 Å². The van der Waals surface area contributed by atoms with Crippen molar-refractivity contribution in [3.05, 3.63) is 23.3 Å². The molecule has 1 saturated carbocycles. The zero-order valence-corrected chi connectivity index (χ0v) is 12.4. The van der Waals surface area contributed by atoms with Crippen LogP contribution in [0.3, 0.4) is 0 Å². The number of fused-ring (bicyclic) bond motifs is 2. The highest BCUT2D eigenvalue weighted by Gasteiger charge is 2.58. The van der Waals surface area contributed by atoms with E-state index in [2.05, 4.69) is 17.0 Å². The molecule has 0 radical (unpaired) electrons. The monoisotopic (exact) mass is 287 g/mol. The van der Waals surface area contributed by atoms with Crippen molar-refractivity contribution >= 4 is 0 Å². The lowest BCUT2D eigenvalue weighted by atomic mass is 9.62. The molecular weight excluding hydrogens is 266 g/mol. The minimum absolute atomic E-state index is 0.168. The fourth-order valence-corrected chi connectivity index (χ4v) is 5.32. The van der Waals surface area contributed by atoms with Gasteiger partial charge in [-0.25, -0.2) is 0 Å². The highest BCUT2D eigenvalue weighted by Crippen LogP contribution is 2.56. The molecule has 1 saturated heterocycles. The second kappa shape index (κ2) is 4.14. The normalized spacial score (nSPS) is 39.0. The second-order valence-corrected chi connectivity index (χ2v) is 6.79. The molecule has 3 heterocycles. The molecule has 112 valence electrons. The summed E-state index contributed by atoms with van der Waals surface area (Å²) in [6.45, 7) is 2.59. The van der Waals surface area contributed by atoms with Crippen molar-refractivity contribution in [2.45, 2.75) is 49.8 Å². The molecule has 4 nitrogen and oxygen atoms in total. The lowest BCUT2D eigenvalue weighted by Gasteiger charge is -2.50. The van der Waals surface area contributed by atoms with Crippen LogP contribution >= 0.6 is 0 Å². The van der Waals surface area contributed by atoms with Gasteiger partial charge in [-0.15, -0.1) is 0 Å². The molecule has 2 unspecified atom stereocenters. The van der Waals surface area contributed by atoms with Crippen LogP contribution in [-0.2, 0) is 16.7 Å². The van der Waals surface area contributed by atoms with Crippen molar-refractivity contribution in [1.29, 1.82) is 0 Å². The largest absolute Gasteiger partial charge is 0.454 e. The van der Waals surface area contributed by atoms with Gasteiger partial charge < -0.3 is 14.2 Å². The SMILES string of the molecule is COC1CCC[C@H]2N3CC[C@@]12c1cc2c(cc1C3)OCO2. The van der Waals surface area contributed by atoms with Gasteiger partial charge in [0, 0.05) is 25.1 Å². The zero-order chi connectivity index (χ0) is 14.0. The molecule has 0 aromatic heterocycles. The summed E-state index contributed by atoms with van der Waals surface area (Å²) in [6, 6.07) is 5.10. The Kier molecular flexibility index (Phi) is 2.43. The fraction of sp³-hybridized carbons (Fsp3) is 0.647. The third-order valence-electron chi connectivity index (χ3n) is 6.12. The van der Waals surface area contributed by atoms with E-state index >= 15 is 0 Å². The van der Waals surface area contributed by atoms with Crippen molar-refractivity contribution in [3.8, 4) is 11.5 Å². The minimum Gasteiger partial charge on any atom is -0.454 e. The average molecular weight is 287 g/mol. The standard InChI is InChI=1S/C17H21NO3/c1-19-16-4-2-3-15-17(16)5-6-18(15)9-11-7-13-14(8-12(11)17)21-10-20-13/h7-8,15-16H,2-6,9-10H2,1H3/t15-,16?,17+/m1/s1. The van der Waals surface area contributed by atoms with Gasteiger partial charge in [0.1, 0.15) is 0 Å². The first-order valence-corrected chi connectivity index (χ1v) is 8.03. The maximum atomic E-state index is 5.96. The predicted octanol–water partition coefficient (Wildman–Crippen LogP) is 2.44. The van der Waals surface area contributed by atoms with E-state index in [0.717, 1.165) is 18.0 Å². The predicted molar refractivity (Wildman–Crippen MR) is 77.7 cm³/mol. The third-order valence-corrected chi connectivity index (χ3v) is 6.12. The molecular formula is C17H21NO3. The number of hydrogen-bond acceptors (Lipinski definition) is 4. The number of rotatable bonds is 1. The summed E-state index contributed by atoms with van der Waals surface area (Å²) in [5, 5.41) is 0. The molecule has 1 aromatic rings. The van der Waals surface area contributed by atoms with E-state index in [1.54, 1.807) is 0 Å². The van der Waals surface area contributed by atoms with Crippen molar-refractivity contribution in [2.24, 2.45) is 0 Å². The number of ether oxygens (including phenoxy) is 3. The highest BCUT2D eigenvalue weighted by atomic mass is 16.7. The first-order chi connectivity index (χ1) is 10.3. The molecule has 21 heavy (non-hydrogen) atoms. The Morgan fingerprint density at radius 1 is 1.24 bits per heavy atom. The van der Waals surface area contributed by atoms with E-state index in [0.29, 0.717) is 18.9 Å². The molecule has 1 aliphatic carbocycles. The highest BCUT2D eigenvalue weighted by molar-refractivity contribution is 5.54. The van der Waals surface area contributed by atoms with Gasteiger partial charge in [0.15, 0.2) is 11.5 Å². The Morgan fingerprint density at radius 2 is 2.10 bits per heavy atom. The average Bonchev–Trinajstić information content (AvgIpc) is 3.07. The summed E-state index contributed by atoms with van der Waals surface area (Å²) >= 11 is 0. The lowest BCUT2D eigenvalue weighted by molar-refractivity contribution is -0.0256. The van der Waals surface area contributed by atoms with E-state index in [9.17, 15) is 0 Å². The number of hydrogen-bond donors (Lipinski definition) is 0. The van der Waals surface area contributed by atoms with Gasteiger partial charge in [0.2, 0.25) is 6.79 Å². The van der Waals surface area contributed by atoms with Gasteiger partial charge in [-0.05, 0) is 55.5 Å². The molecule has 0 N–H and O–H groups in total. The molecule has 5 rings (SSSR count).